The number of para-hydroxylation sites is 1. The molecule has 3 aromatic rings. The third-order valence-corrected chi connectivity index (χ3v) is 5.54. The van der Waals surface area contributed by atoms with Crippen molar-refractivity contribution in [1.82, 2.24) is 5.32 Å². The van der Waals surface area contributed by atoms with Crippen LogP contribution in [-0.2, 0) is 9.53 Å². The van der Waals surface area contributed by atoms with Gasteiger partial charge in [-0.05, 0) is 36.2 Å². The van der Waals surface area contributed by atoms with Crippen LogP contribution in [0.2, 0.25) is 0 Å². The van der Waals surface area contributed by atoms with E-state index < -0.39 is 0 Å². The van der Waals surface area contributed by atoms with E-state index in [4.69, 9.17) is 18.9 Å². The molecule has 0 aromatic heterocycles. The Morgan fingerprint density at radius 3 is 2.06 bits per heavy atom. The minimum absolute atomic E-state index is 0.00417. The van der Waals surface area contributed by atoms with Crippen LogP contribution in [-0.4, -0.2) is 46.9 Å². The monoisotopic (exact) mass is 478 g/mol. The number of hydrogen-bond acceptors (Lipinski definition) is 7. The Morgan fingerprint density at radius 2 is 1.49 bits per heavy atom. The highest BCUT2D eigenvalue weighted by atomic mass is 16.5. The van der Waals surface area contributed by atoms with E-state index in [1.165, 1.54) is 28.4 Å². The number of rotatable bonds is 10. The number of hydrogen-bond donors (Lipinski definition) is 2. The fourth-order valence-corrected chi connectivity index (χ4v) is 3.69. The topological polar surface area (TPSA) is 95.1 Å². The molecule has 0 saturated carbocycles. The lowest BCUT2D eigenvalue weighted by Gasteiger charge is -2.23. The lowest BCUT2D eigenvalue weighted by Crippen LogP contribution is -2.30. The Bertz CT molecular complexity index is 1150. The molecule has 3 rings (SSSR count). The Balaban J connectivity index is 1.98. The number of ether oxygens (including phenoxy) is 4. The summed E-state index contributed by atoms with van der Waals surface area (Å²) in [7, 11) is 5.83. The SMILES string of the molecule is COC(=O)CN[C@H](c1ccc(C)cc1)c1ccccc1NC(=O)c1cc(OC)c(OC)c(OC)c1. The molecule has 0 saturated heterocycles. The van der Waals surface area contributed by atoms with Gasteiger partial charge in [0.1, 0.15) is 0 Å². The van der Waals surface area contributed by atoms with E-state index in [1.807, 2.05) is 55.5 Å². The van der Waals surface area contributed by atoms with Gasteiger partial charge in [-0.2, -0.15) is 0 Å². The van der Waals surface area contributed by atoms with Gasteiger partial charge < -0.3 is 24.3 Å². The molecule has 0 spiro atoms. The van der Waals surface area contributed by atoms with Crippen LogP contribution in [0, 0.1) is 6.92 Å². The molecule has 8 nitrogen and oxygen atoms in total. The molecule has 0 aliphatic heterocycles. The molecule has 0 aliphatic rings. The number of nitrogens with one attached hydrogen (secondary N) is 2. The van der Waals surface area contributed by atoms with Gasteiger partial charge in [0.25, 0.3) is 5.91 Å². The van der Waals surface area contributed by atoms with Crippen LogP contribution in [0.25, 0.3) is 0 Å². The Kier molecular flexibility index (Phi) is 8.69. The molecule has 184 valence electrons. The van der Waals surface area contributed by atoms with E-state index in [9.17, 15) is 9.59 Å². The van der Waals surface area contributed by atoms with Crippen LogP contribution in [0.3, 0.4) is 0 Å². The van der Waals surface area contributed by atoms with Crippen molar-refractivity contribution in [1.29, 1.82) is 0 Å². The van der Waals surface area contributed by atoms with Crippen molar-refractivity contribution in [2.75, 3.05) is 40.3 Å². The van der Waals surface area contributed by atoms with E-state index in [2.05, 4.69) is 10.6 Å². The highest BCUT2D eigenvalue weighted by Gasteiger charge is 2.21. The second-order valence-electron chi connectivity index (χ2n) is 7.76. The third-order valence-electron chi connectivity index (χ3n) is 5.54. The lowest BCUT2D eigenvalue weighted by atomic mass is 9.96. The van der Waals surface area contributed by atoms with Crippen molar-refractivity contribution < 1.29 is 28.5 Å². The quantitative estimate of drug-likeness (QED) is 0.423. The first kappa shape index (κ1) is 25.6. The molecular formula is C27H30N2O6. The van der Waals surface area contributed by atoms with Crippen molar-refractivity contribution in [3.63, 3.8) is 0 Å². The van der Waals surface area contributed by atoms with Crippen LogP contribution in [0.5, 0.6) is 17.2 Å². The molecule has 35 heavy (non-hydrogen) atoms. The van der Waals surface area contributed by atoms with E-state index >= 15 is 0 Å². The highest BCUT2D eigenvalue weighted by molar-refractivity contribution is 6.05. The average molecular weight is 479 g/mol. The predicted octanol–water partition coefficient (Wildman–Crippen LogP) is 4.13. The summed E-state index contributed by atoms with van der Waals surface area (Å²) in [6.45, 7) is 2.01. The summed E-state index contributed by atoms with van der Waals surface area (Å²) in [5.41, 5.74) is 3.78. The van der Waals surface area contributed by atoms with Crippen molar-refractivity contribution in [3.8, 4) is 17.2 Å². The maximum atomic E-state index is 13.3. The molecule has 8 heteroatoms. The summed E-state index contributed by atoms with van der Waals surface area (Å²) in [5.74, 6) is 0.414. The van der Waals surface area contributed by atoms with Gasteiger partial charge in [0.2, 0.25) is 5.75 Å². The van der Waals surface area contributed by atoms with Crippen LogP contribution in [0.1, 0.15) is 33.1 Å². The third kappa shape index (κ3) is 6.10. The minimum Gasteiger partial charge on any atom is -0.493 e. The van der Waals surface area contributed by atoms with Gasteiger partial charge in [0.15, 0.2) is 11.5 Å². The molecule has 1 atom stereocenters. The molecule has 0 aliphatic carbocycles. The summed E-state index contributed by atoms with van der Waals surface area (Å²) in [5, 5.41) is 6.23. The highest BCUT2D eigenvalue weighted by Crippen LogP contribution is 2.38. The second-order valence-corrected chi connectivity index (χ2v) is 7.76. The molecule has 2 N–H and O–H groups in total. The standard InChI is InChI=1S/C27H30N2O6/c1-17-10-12-18(13-11-17)25(28-16-24(30)34-4)20-8-6-7-9-21(20)29-27(31)19-14-22(32-2)26(35-5)23(15-19)33-3/h6-15,25,28H,16H2,1-5H3,(H,29,31)/t25-/m1/s1. The van der Waals surface area contributed by atoms with Crippen molar-refractivity contribution >= 4 is 17.6 Å². The van der Waals surface area contributed by atoms with Gasteiger partial charge in [0, 0.05) is 11.3 Å². The minimum atomic E-state index is -0.388. The van der Waals surface area contributed by atoms with Crippen LogP contribution in [0.4, 0.5) is 5.69 Å². The zero-order valence-corrected chi connectivity index (χ0v) is 20.5. The van der Waals surface area contributed by atoms with E-state index in [0.717, 1.165) is 16.7 Å². The maximum Gasteiger partial charge on any atom is 0.319 e. The summed E-state index contributed by atoms with van der Waals surface area (Å²) < 4.78 is 20.9. The largest absolute Gasteiger partial charge is 0.493 e. The first-order valence-corrected chi connectivity index (χ1v) is 11.0. The molecule has 0 radical (unpaired) electrons. The van der Waals surface area contributed by atoms with Crippen LogP contribution in [0.15, 0.2) is 60.7 Å². The molecular weight excluding hydrogens is 448 g/mol. The van der Waals surface area contributed by atoms with Crippen molar-refractivity contribution in [2.45, 2.75) is 13.0 Å². The number of amides is 1. The first-order valence-electron chi connectivity index (χ1n) is 11.0. The number of benzene rings is 3. The Hall–Kier alpha value is -4.04. The van der Waals surface area contributed by atoms with E-state index in [-0.39, 0.29) is 24.5 Å². The van der Waals surface area contributed by atoms with Gasteiger partial charge in [-0.3, -0.25) is 14.9 Å². The van der Waals surface area contributed by atoms with Gasteiger partial charge in [-0.1, -0.05) is 48.0 Å². The number of carbonyl (C=O) groups excluding carboxylic acids is 2. The molecule has 0 fully saturated rings. The van der Waals surface area contributed by atoms with Gasteiger partial charge in [0.05, 0.1) is 41.0 Å². The number of aryl methyl sites for hydroxylation is 1. The molecule has 0 heterocycles. The smallest absolute Gasteiger partial charge is 0.319 e. The van der Waals surface area contributed by atoms with Crippen molar-refractivity contribution in [2.24, 2.45) is 0 Å². The zero-order valence-electron chi connectivity index (χ0n) is 20.5. The normalized spacial score (nSPS) is 11.3. The maximum absolute atomic E-state index is 13.3. The number of anilines is 1. The molecule has 0 unspecified atom stereocenters. The molecule has 3 aromatic carbocycles. The fraction of sp³-hybridized carbons (Fsp3) is 0.259. The lowest BCUT2D eigenvalue weighted by molar-refractivity contribution is -0.139. The summed E-state index contributed by atoms with van der Waals surface area (Å²) in [4.78, 5) is 25.1. The molecule has 0 bridgehead atoms. The number of esters is 1. The van der Waals surface area contributed by atoms with Crippen molar-refractivity contribution in [3.05, 3.63) is 82.9 Å². The Morgan fingerprint density at radius 1 is 0.857 bits per heavy atom. The van der Waals surface area contributed by atoms with Gasteiger partial charge in [-0.25, -0.2) is 0 Å². The number of carbonyl (C=O) groups is 2. The average Bonchev–Trinajstić information content (AvgIpc) is 2.89. The van der Waals surface area contributed by atoms with E-state index in [1.54, 1.807) is 12.1 Å². The van der Waals surface area contributed by atoms with E-state index in [0.29, 0.717) is 28.5 Å². The Labute approximate surface area is 205 Å². The second kappa shape index (κ2) is 11.9. The number of methoxy groups -OCH3 is 4. The molecule has 1 amide bonds. The summed E-state index contributed by atoms with van der Waals surface area (Å²) in [6, 6.07) is 18.2. The van der Waals surface area contributed by atoms with Crippen LogP contribution >= 0.6 is 0 Å². The van der Waals surface area contributed by atoms with Crippen LogP contribution < -0.4 is 24.8 Å². The predicted molar refractivity (Wildman–Crippen MR) is 134 cm³/mol. The summed E-state index contributed by atoms with van der Waals surface area (Å²) in [6.07, 6.45) is 0. The zero-order chi connectivity index (χ0) is 25.4. The van der Waals surface area contributed by atoms with Gasteiger partial charge in [-0.15, -0.1) is 0 Å². The fourth-order valence-electron chi connectivity index (χ4n) is 3.69. The summed E-state index contributed by atoms with van der Waals surface area (Å²) >= 11 is 0. The first-order chi connectivity index (χ1) is 16.9. The van der Waals surface area contributed by atoms with Gasteiger partial charge >= 0.3 is 5.97 Å².